The first kappa shape index (κ1) is 10.3. The van der Waals surface area contributed by atoms with E-state index in [9.17, 15) is 0 Å². The van der Waals surface area contributed by atoms with Crippen LogP contribution in [0.1, 0.15) is 56.7 Å². The summed E-state index contributed by atoms with van der Waals surface area (Å²) < 4.78 is 2.38. The van der Waals surface area contributed by atoms with Gasteiger partial charge in [0.15, 0.2) is 0 Å². The van der Waals surface area contributed by atoms with Crippen LogP contribution in [0.3, 0.4) is 0 Å². The average Bonchev–Trinajstić information content (AvgIpc) is 2.59. The van der Waals surface area contributed by atoms with Gasteiger partial charge in [-0.05, 0) is 26.2 Å². The molecule has 3 aliphatic rings. The minimum absolute atomic E-state index is 0.465. The van der Waals surface area contributed by atoms with Crippen LogP contribution in [0.15, 0.2) is 0 Å². The SMILES string of the molecule is Cc1nnc(C(C)C)n1C1CC2CC(C1)N2. The van der Waals surface area contributed by atoms with Crippen LogP contribution in [-0.4, -0.2) is 26.8 Å². The first-order valence-corrected chi connectivity index (χ1v) is 6.32. The predicted octanol–water partition coefficient (Wildman–Crippen LogP) is 1.78. The molecule has 1 aliphatic carbocycles. The molecule has 88 valence electrons. The lowest BCUT2D eigenvalue weighted by atomic mass is 9.79. The number of hydrogen-bond acceptors (Lipinski definition) is 3. The molecule has 16 heavy (non-hydrogen) atoms. The van der Waals surface area contributed by atoms with Crippen LogP contribution in [0.4, 0.5) is 0 Å². The largest absolute Gasteiger partial charge is 0.312 e. The smallest absolute Gasteiger partial charge is 0.135 e. The van der Waals surface area contributed by atoms with Gasteiger partial charge < -0.3 is 9.88 Å². The number of nitrogens with one attached hydrogen (secondary N) is 1. The Balaban J connectivity index is 1.90. The first-order valence-electron chi connectivity index (χ1n) is 6.32. The summed E-state index contributed by atoms with van der Waals surface area (Å²) in [5, 5.41) is 12.2. The molecule has 2 bridgehead atoms. The van der Waals surface area contributed by atoms with Crippen LogP contribution in [0.25, 0.3) is 0 Å². The molecule has 1 N–H and O–H groups in total. The maximum atomic E-state index is 4.32. The maximum absolute atomic E-state index is 4.32. The minimum atomic E-state index is 0.465. The van der Waals surface area contributed by atoms with Crippen molar-refractivity contribution < 1.29 is 0 Å². The summed E-state index contributed by atoms with van der Waals surface area (Å²) in [6.45, 7) is 6.47. The van der Waals surface area contributed by atoms with Crippen molar-refractivity contribution in [3.8, 4) is 0 Å². The van der Waals surface area contributed by atoms with Crippen molar-refractivity contribution in [3.63, 3.8) is 0 Å². The third kappa shape index (κ3) is 1.47. The molecule has 0 amide bonds. The molecule has 1 aromatic rings. The summed E-state index contributed by atoms with van der Waals surface area (Å²) >= 11 is 0. The zero-order valence-corrected chi connectivity index (χ0v) is 10.3. The molecule has 2 unspecified atom stereocenters. The molecule has 4 heteroatoms. The summed E-state index contributed by atoms with van der Waals surface area (Å²) in [7, 11) is 0. The molecule has 2 saturated heterocycles. The number of nitrogens with zero attached hydrogens (tertiary/aromatic N) is 3. The molecule has 2 atom stereocenters. The fourth-order valence-corrected chi connectivity index (χ4v) is 3.18. The van der Waals surface area contributed by atoms with E-state index in [2.05, 4.69) is 40.9 Å². The summed E-state index contributed by atoms with van der Waals surface area (Å²) in [5.74, 6) is 2.70. The lowest BCUT2D eigenvalue weighted by molar-refractivity contribution is 0.129. The third-order valence-electron chi connectivity index (χ3n) is 3.93. The van der Waals surface area contributed by atoms with Gasteiger partial charge in [-0.15, -0.1) is 10.2 Å². The van der Waals surface area contributed by atoms with Crippen LogP contribution >= 0.6 is 0 Å². The van der Waals surface area contributed by atoms with E-state index in [1.165, 1.54) is 19.3 Å². The Kier molecular flexibility index (Phi) is 2.28. The summed E-state index contributed by atoms with van der Waals surface area (Å²) in [6, 6.07) is 2.11. The second kappa shape index (κ2) is 3.55. The highest BCUT2D eigenvalue weighted by molar-refractivity contribution is 5.06. The number of hydrogen-bond donors (Lipinski definition) is 1. The second-order valence-corrected chi connectivity index (χ2v) is 5.55. The minimum Gasteiger partial charge on any atom is -0.312 e. The molecule has 2 aliphatic heterocycles. The standard InChI is InChI=1S/C12H20N4/c1-7(2)12-15-14-8(3)16(12)11-5-9-4-10(6-11)13-9/h7,9-11,13H,4-6H2,1-3H3. The molecule has 3 fully saturated rings. The monoisotopic (exact) mass is 220 g/mol. The van der Waals surface area contributed by atoms with Gasteiger partial charge in [0.25, 0.3) is 0 Å². The number of rotatable bonds is 2. The quantitative estimate of drug-likeness (QED) is 0.826. The van der Waals surface area contributed by atoms with E-state index < -0.39 is 0 Å². The van der Waals surface area contributed by atoms with Gasteiger partial charge in [-0.1, -0.05) is 13.8 Å². The van der Waals surface area contributed by atoms with Crippen molar-refractivity contribution >= 4 is 0 Å². The normalized spacial score (nSPS) is 32.9. The lowest BCUT2D eigenvalue weighted by Crippen LogP contribution is -2.58. The lowest BCUT2D eigenvalue weighted by Gasteiger charge is -2.47. The average molecular weight is 220 g/mol. The zero-order valence-electron chi connectivity index (χ0n) is 10.3. The van der Waals surface area contributed by atoms with Gasteiger partial charge in [-0.25, -0.2) is 0 Å². The van der Waals surface area contributed by atoms with Crippen LogP contribution in [0, 0.1) is 6.92 Å². The van der Waals surface area contributed by atoms with Gasteiger partial charge in [0.1, 0.15) is 11.6 Å². The molecule has 0 radical (unpaired) electrons. The highest BCUT2D eigenvalue weighted by Gasteiger charge is 2.39. The van der Waals surface area contributed by atoms with Gasteiger partial charge in [0, 0.05) is 24.0 Å². The summed E-state index contributed by atoms with van der Waals surface area (Å²) in [4.78, 5) is 0. The van der Waals surface area contributed by atoms with E-state index in [4.69, 9.17) is 0 Å². The molecule has 1 aromatic heterocycles. The van der Waals surface area contributed by atoms with E-state index in [1.54, 1.807) is 0 Å². The van der Waals surface area contributed by atoms with Crippen LogP contribution in [0.2, 0.25) is 0 Å². The third-order valence-corrected chi connectivity index (χ3v) is 3.93. The Morgan fingerprint density at radius 1 is 1.19 bits per heavy atom. The Bertz CT molecular complexity index is 380. The topological polar surface area (TPSA) is 42.7 Å². The van der Waals surface area contributed by atoms with Crippen molar-refractivity contribution in [3.05, 3.63) is 11.6 Å². The van der Waals surface area contributed by atoms with Crippen molar-refractivity contribution in [2.75, 3.05) is 0 Å². The second-order valence-electron chi connectivity index (χ2n) is 5.55. The molecule has 4 rings (SSSR count). The van der Waals surface area contributed by atoms with E-state index >= 15 is 0 Å². The number of fused-ring (bicyclic) bond motifs is 2. The Morgan fingerprint density at radius 3 is 2.38 bits per heavy atom. The number of aromatic nitrogens is 3. The van der Waals surface area contributed by atoms with Gasteiger partial charge in [-0.3, -0.25) is 0 Å². The van der Waals surface area contributed by atoms with Crippen molar-refractivity contribution in [1.82, 2.24) is 20.1 Å². The molecule has 0 aromatic carbocycles. The van der Waals surface area contributed by atoms with Gasteiger partial charge in [-0.2, -0.15) is 0 Å². The fourth-order valence-electron chi connectivity index (χ4n) is 3.18. The number of aryl methyl sites for hydroxylation is 1. The van der Waals surface area contributed by atoms with Gasteiger partial charge in [0.05, 0.1) is 0 Å². The van der Waals surface area contributed by atoms with Crippen LogP contribution in [0.5, 0.6) is 0 Å². The molecular formula is C12H20N4. The maximum Gasteiger partial charge on any atom is 0.135 e. The number of piperidine rings is 1. The molecule has 4 nitrogen and oxygen atoms in total. The molecular weight excluding hydrogens is 200 g/mol. The Morgan fingerprint density at radius 2 is 1.81 bits per heavy atom. The molecule has 3 heterocycles. The van der Waals surface area contributed by atoms with Crippen LogP contribution < -0.4 is 5.32 Å². The fraction of sp³-hybridized carbons (Fsp3) is 0.833. The first-order chi connectivity index (χ1) is 7.65. The highest BCUT2D eigenvalue weighted by atomic mass is 15.3. The van der Waals surface area contributed by atoms with E-state index in [0.717, 1.165) is 23.7 Å². The van der Waals surface area contributed by atoms with Crippen molar-refractivity contribution in [2.24, 2.45) is 0 Å². The van der Waals surface area contributed by atoms with Crippen molar-refractivity contribution in [1.29, 1.82) is 0 Å². The Hall–Kier alpha value is -0.900. The summed E-state index contributed by atoms with van der Waals surface area (Å²) in [6.07, 6.45) is 3.86. The van der Waals surface area contributed by atoms with E-state index in [1.807, 2.05) is 0 Å². The zero-order chi connectivity index (χ0) is 11.3. The van der Waals surface area contributed by atoms with Crippen molar-refractivity contribution in [2.45, 2.75) is 64.1 Å². The molecule has 0 spiro atoms. The van der Waals surface area contributed by atoms with Gasteiger partial charge >= 0.3 is 0 Å². The molecule has 1 saturated carbocycles. The van der Waals surface area contributed by atoms with E-state index in [-0.39, 0.29) is 0 Å². The predicted molar refractivity (Wildman–Crippen MR) is 62.4 cm³/mol. The van der Waals surface area contributed by atoms with Crippen LogP contribution in [-0.2, 0) is 0 Å². The summed E-state index contributed by atoms with van der Waals surface area (Å²) in [5.41, 5.74) is 0. The highest BCUT2D eigenvalue weighted by Crippen LogP contribution is 2.37. The Labute approximate surface area is 96.4 Å². The van der Waals surface area contributed by atoms with E-state index in [0.29, 0.717) is 12.0 Å². The van der Waals surface area contributed by atoms with Gasteiger partial charge in [0.2, 0.25) is 0 Å².